The average Bonchev–Trinajstić information content (AvgIpc) is 2.28. The lowest BCUT2D eigenvalue weighted by Crippen LogP contribution is -2.64. The summed E-state index contributed by atoms with van der Waals surface area (Å²) in [7, 11) is 0. The minimum atomic E-state index is -0.558. The molecule has 1 aliphatic rings. The monoisotopic (exact) mass is 253 g/mol. The van der Waals surface area contributed by atoms with E-state index < -0.39 is 5.60 Å². The summed E-state index contributed by atoms with van der Waals surface area (Å²) in [5, 5.41) is 10.1. The first-order chi connectivity index (χ1) is 8.51. The van der Waals surface area contributed by atoms with Gasteiger partial charge in [0.1, 0.15) is 6.61 Å². The molecule has 1 saturated heterocycles. The van der Waals surface area contributed by atoms with Crippen LogP contribution in [0.2, 0.25) is 0 Å². The molecule has 0 spiro atoms. The third-order valence-electron chi connectivity index (χ3n) is 3.57. The van der Waals surface area contributed by atoms with E-state index in [0.717, 1.165) is 0 Å². The standard InChI is InChI=1S/C14H20FNO2/c1-11(2)14(17)9-16(10-14)7-8-18-13-6-4-3-5-12(13)15/h3-6,11,17H,7-10H2,1-2H3. The maximum absolute atomic E-state index is 13.3. The van der Waals surface area contributed by atoms with Gasteiger partial charge in [-0.2, -0.15) is 0 Å². The van der Waals surface area contributed by atoms with Crippen LogP contribution >= 0.6 is 0 Å². The van der Waals surface area contributed by atoms with Crippen LogP contribution in [0.5, 0.6) is 5.75 Å². The molecular formula is C14H20FNO2. The summed E-state index contributed by atoms with van der Waals surface area (Å²) < 4.78 is 18.6. The number of rotatable bonds is 5. The van der Waals surface area contributed by atoms with E-state index in [1.165, 1.54) is 6.07 Å². The highest BCUT2D eigenvalue weighted by Gasteiger charge is 2.43. The first-order valence-corrected chi connectivity index (χ1v) is 6.33. The minimum Gasteiger partial charge on any atom is -0.489 e. The lowest BCUT2D eigenvalue weighted by atomic mass is 9.83. The van der Waals surface area contributed by atoms with Gasteiger partial charge in [-0.1, -0.05) is 26.0 Å². The van der Waals surface area contributed by atoms with Gasteiger partial charge in [0.05, 0.1) is 5.60 Å². The Hall–Kier alpha value is -1.13. The molecule has 1 aliphatic heterocycles. The normalized spacial score (nSPS) is 18.7. The topological polar surface area (TPSA) is 32.7 Å². The Kier molecular flexibility index (Phi) is 3.88. The molecule has 0 bridgehead atoms. The van der Waals surface area contributed by atoms with Gasteiger partial charge in [-0.15, -0.1) is 0 Å². The zero-order valence-electron chi connectivity index (χ0n) is 10.9. The van der Waals surface area contributed by atoms with Crippen molar-refractivity contribution >= 4 is 0 Å². The Labute approximate surface area is 107 Å². The SMILES string of the molecule is CC(C)C1(O)CN(CCOc2ccccc2F)C1. The van der Waals surface area contributed by atoms with Crippen LogP contribution in [0.25, 0.3) is 0 Å². The maximum Gasteiger partial charge on any atom is 0.165 e. The largest absolute Gasteiger partial charge is 0.489 e. The molecule has 18 heavy (non-hydrogen) atoms. The first-order valence-electron chi connectivity index (χ1n) is 6.33. The summed E-state index contributed by atoms with van der Waals surface area (Å²) in [6, 6.07) is 6.40. The molecule has 3 nitrogen and oxygen atoms in total. The van der Waals surface area contributed by atoms with Gasteiger partial charge in [-0.25, -0.2) is 4.39 Å². The van der Waals surface area contributed by atoms with Crippen molar-refractivity contribution in [2.24, 2.45) is 5.92 Å². The number of hydrogen-bond donors (Lipinski definition) is 1. The van der Waals surface area contributed by atoms with Gasteiger partial charge in [0.2, 0.25) is 0 Å². The first kappa shape index (κ1) is 13.3. The van der Waals surface area contributed by atoms with Crippen molar-refractivity contribution in [3.8, 4) is 5.75 Å². The second-order valence-electron chi connectivity index (χ2n) is 5.25. The number of para-hydroxylation sites is 1. The fraction of sp³-hybridized carbons (Fsp3) is 0.571. The van der Waals surface area contributed by atoms with Crippen molar-refractivity contribution in [3.05, 3.63) is 30.1 Å². The smallest absolute Gasteiger partial charge is 0.165 e. The number of likely N-dealkylation sites (tertiary alicyclic amines) is 1. The Morgan fingerprint density at radius 3 is 2.67 bits per heavy atom. The number of hydrogen-bond acceptors (Lipinski definition) is 3. The second kappa shape index (κ2) is 5.24. The molecule has 0 aliphatic carbocycles. The summed E-state index contributed by atoms with van der Waals surface area (Å²) in [5.74, 6) is 0.221. The van der Waals surface area contributed by atoms with Crippen LogP contribution in [0.4, 0.5) is 4.39 Å². The Morgan fingerprint density at radius 1 is 1.39 bits per heavy atom. The van der Waals surface area contributed by atoms with E-state index >= 15 is 0 Å². The van der Waals surface area contributed by atoms with E-state index in [4.69, 9.17) is 4.74 Å². The van der Waals surface area contributed by atoms with Gasteiger partial charge in [0, 0.05) is 19.6 Å². The van der Waals surface area contributed by atoms with Crippen molar-refractivity contribution < 1.29 is 14.2 Å². The summed E-state index contributed by atoms with van der Waals surface area (Å²) in [5.41, 5.74) is -0.558. The van der Waals surface area contributed by atoms with E-state index in [0.29, 0.717) is 26.2 Å². The predicted octanol–water partition coefficient (Wildman–Crippen LogP) is 1.91. The molecule has 4 heteroatoms. The number of β-amino-alcohol motifs (C(OH)–C–C–N with tert-alkyl or cyclic N) is 1. The van der Waals surface area contributed by atoms with E-state index in [9.17, 15) is 9.50 Å². The number of aliphatic hydroxyl groups is 1. The molecule has 0 aromatic heterocycles. The summed E-state index contributed by atoms with van der Waals surface area (Å²) in [6.45, 7) is 6.54. The lowest BCUT2D eigenvalue weighted by molar-refractivity contribution is -0.129. The quantitative estimate of drug-likeness (QED) is 0.870. The van der Waals surface area contributed by atoms with Crippen LogP contribution in [-0.4, -0.2) is 41.8 Å². The van der Waals surface area contributed by atoms with Gasteiger partial charge >= 0.3 is 0 Å². The molecule has 0 radical (unpaired) electrons. The van der Waals surface area contributed by atoms with Crippen molar-refractivity contribution in [2.45, 2.75) is 19.4 Å². The van der Waals surface area contributed by atoms with E-state index in [2.05, 4.69) is 4.90 Å². The Bertz CT molecular complexity index is 403. The van der Waals surface area contributed by atoms with Crippen LogP contribution in [0.1, 0.15) is 13.8 Å². The molecule has 1 heterocycles. The molecule has 1 fully saturated rings. The zero-order chi connectivity index (χ0) is 13.2. The highest BCUT2D eigenvalue weighted by atomic mass is 19.1. The van der Waals surface area contributed by atoms with E-state index in [1.807, 2.05) is 13.8 Å². The molecule has 2 rings (SSSR count). The zero-order valence-corrected chi connectivity index (χ0v) is 10.9. The van der Waals surface area contributed by atoms with Gasteiger partial charge in [-0.05, 0) is 18.1 Å². The van der Waals surface area contributed by atoms with Gasteiger partial charge in [-0.3, -0.25) is 4.90 Å². The number of halogens is 1. The second-order valence-corrected chi connectivity index (χ2v) is 5.25. The summed E-state index contributed by atoms with van der Waals surface area (Å²) >= 11 is 0. The lowest BCUT2D eigenvalue weighted by Gasteiger charge is -2.49. The molecule has 100 valence electrons. The van der Waals surface area contributed by atoms with Crippen molar-refractivity contribution in [2.75, 3.05) is 26.2 Å². The highest BCUT2D eigenvalue weighted by Crippen LogP contribution is 2.28. The molecule has 1 N–H and O–H groups in total. The average molecular weight is 253 g/mol. The van der Waals surface area contributed by atoms with Crippen molar-refractivity contribution in [1.29, 1.82) is 0 Å². The van der Waals surface area contributed by atoms with Gasteiger partial charge in [0.25, 0.3) is 0 Å². The van der Waals surface area contributed by atoms with Crippen LogP contribution in [-0.2, 0) is 0 Å². The predicted molar refractivity (Wildman–Crippen MR) is 68.1 cm³/mol. The van der Waals surface area contributed by atoms with Crippen LogP contribution < -0.4 is 4.74 Å². The third-order valence-corrected chi connectivity index (χ3v) is 3.57. The van der Waals surface area contributed by atoms with Gasteiger partial charge in [0.15, 0.2) is 11.6 Å². The molecule has 0 atom stereocenters. The maximum atomic E-state index is 13.3. The van der Waals surface area contributed by atoms with Crippen LogP contribution in [0.3, 0.4) is 0 Å². The molecule has 0 unspecified atom stereocenters. The molecule has 0 amide bonds. The van der Waals surface area contributed by atoms with E-state index in [-0.39, 0.29) is 17.5 Å². The Morgan fingerprint density at radius 2 is 2.06 bits per heavy atom. The minimum absolute atomic E-state index is 0.265. The third kappa shape index (κ3) is 2.82. The molecular weight excluding hydrogens is 233 g/mol. The number of nitrogens with zero attached hydrogens (tertiary/aromatic N) is 1. The molecule has 1 aromatic rings. The van der Waals surface area contributed by atoms with E-state index in [1.54, 1.807) is 18.2 Å². The number of ether oxygens (including phenoxy) is 1. The molecule has 0 saturated carbocycles. The van der Waals surface area contributed by atoms with Gasteiger partial charge < -0.3 is 9.84 Å². The van der Waals surface area contributed by atoms with Crippen LogP contribution in [0, 0.1) is 11.7 Å². The van der Waals surface area contributed by atoms with Crippen molar-refractivity contribution in [1.82, 2.24) is 4.90 Å². The fourth-order valence-electron chi connectivity index (χ4n) is 2.10. The van der Waals surface area contributed by atoms with Crippen molar-refractivity contribution in [3.63, 3.8) is 0 Å². The Balaban J connectivity index is 1.71. The summed E-state index contributed by atoms with van der Waals surface area (Å²) in [4.78, 5) is 2.11. The molecule has 1 aromatic carbocycles. The highest BCUT2D eigenvalue weighted by molar-refractivity contribution is 5.23. The fourth-order valence-corrected chi connectivity index (χ4v) is 2.10. The number of benzene rings is 1. The van der Waals surface area contributed by atoms with Crippen LogP contribution in [0.15, 0.2) is 24.3 Å². The summed E-state index contributed by atoms with van der Waals surface area (Å²) in [6.07, 6.45) is 0.